The quantitative estimate of drug-likeness (QED) is 0.164. The summed E-state index contributed by atoms with van der Waals surface area (Å²) in [6, 6.07) is 29.5. The molecule has 40 heavy (non-hydrogen) atoms. The molecule has 0 atom stereocenters. The Morgan fingerprint density at radius 3 is 2.50 bits per heavy atom. The molecule has 0 aliphatic heterocycles. The number of aryl methyl sites for hydroxylation is 2. The Hall–Kier alpha value is -4.25. The number of hydrogen-bond donors (Lipinski definition) is 1. The molecule has 0 amide bonds. The van der Waals surface area contributed by atoms with E-state index in [9.17, 15) is 9.90 Å². The third-order valence-corrected chi connectivity index (χ3v) is 7.34. The van der Waals surface area contributed by atoms with E-state index in [0.29, 0.717) is 12.4 Å². The fourth-order valence-corrected chi connectivity index (χ4v) is 5.20. The van der Waals surface area contributed by atoms with Crippen LogP contribution in [0.5, 0.6) is 11.5 Å². The molecule has 0 fully saturated rings. The van der Waals surface area contributed by atoms with Crippen molar-refractivity contribution in [3.63, 3.8) is 0 Å². The molecule has 1 aromatic heterocycles. The summed E-state index contributed by atoms with van der Waals surface area (Å²) in [7, 11) is 0. The highest BCUT2D eigenvalue weighted by atomic mass is 16.5. The number of carbonyl (C=O) groups is 1. The largest absolute Gasteiger partial charge is 0.493 e. The molecule has 0 unspecified atom stereocenters. The van der Waals surface area contributed by atoms with E-state index in [1.807, 2.05) is 24.3 Å². The van der Waals surface area contributed by atoms with Crippen LogP contribution in [0.4, 0.5) is 0 Å². The van der Waals surface area contributed by atoms with Crippen LogP contribution >= 0.6 is 0 Å². The predicted octanol–water partition coefficient (Wildman–Crippen LogP) is 8.05. The van der Waals surface area contributed by atoms with E-state index < -0.39 is 11.6 Å². The molecule has 0 saturated carbocycles. The molecule has 5 rings (SSSR count). The van der Waals surface area contributed by atoms with Crippen LogP contribution in [-0.2, 0) is 24.2 Å². The van der Waals surface area contributed by atoms with Crippen molar-refractivity contribution in [3.8, 4) is 11.5 Å². The van der Waals surface area contributed by atoms with Crippen LogP contribution < -0.4 is 9.47 Å². The molecule has 4 aromatic carbocycles. The standard InChI is InChI=1S/C35H37NO4/c1-4-9-31-30-15-12-26(22-25-10-6-5-7-11-25)23-27(30)13-17-33(31)39-21-8-19-36-20-18-28-24-29(14-16-32(28)36)40-35(2,3)34(37)38/h5-7,10-18,20,23-24H,4,8-9,19,21-22H2,1-3H3,(H,37,38). The Morgan fingerprint density at radius 2 is 1.73 bits per heavy atom. The highest BCUT2D eigenvalue weighted by molar-refractivity contribution is 5.88. The number of carboxylic acids is 1. The summed E-state index contributed by atoms with van der Waals surface area (Å²) >= 11 is 0. The molecule has 5 nitrogen and oxygen atoms in total. The second-order valence-electron chi connectivity index (χ2n) is 10.9. The molecular formula is C35H37NO4. The minimum absolute atomic E-state index is 0.549. The smallest absolute Gasteiger partial charge is 0.347 e. The normalized spacial score (nSPS) is 11.7. The summed E-state index contributed by atoms with van der Waals surface area (Å²) in [4.78, 5) is 11.4. The maximum absolute atomic E-state index is 11.4. The van der Waals surface area contributed by atoms with Gasteiger partial charge in [0.15, 0.2) is 5.60 Å². The summed E-state index contributed by atoms with van der Waals surface area (Å²) in [5, 5.41) is 12.9. The van der Waals surface area contributed by atoms with E-state index in [4.69, 9.17) is 9.47 Å². The van der Waals surface area contributed by atoms with Crippen LogP contribution in [0, 0.1) is 0 Å². The van der Waals surface area contributed by atoms with Crippen LogP contribution in [0.15, 0.2) is 91.1 Å². The van der Waals surface area contributed by atoms with Crippen LogP contribution in [0.25, 0.3) is 21.7 Å². The van der Waals surface area contributed by atoms with Gasteiger partial charge in [0, 0.05) is 29.2 Å². The molecule has 0 radical (unpaired) electrons. The number of fused-ring (bicyclic) bond motifs is 2. The average Bonchev–Trinajstić information content (AvgIpc) is 3.34. The lowest BCUT2D eigenvalue weighted by atomic mass is 9.96. The zero-order valence-electron chi connectivity index (χ0n) is 23.5. The summed E-state index contributed by atoms with van der Waals surface area (Å²) in [5.41, 5.74) is 3.73. The van der Waals surface area contributed by atoms with E-state index in [2.05, 4.69) is 78.4 Å². The Balaban J connectivity index is 1.24. The van der Waals surface area contributed by atoms with Gasteiger partial charge >= 0.3 is 5.97 Å². The number of aromatic nitrogens is 1. The van der Waals surface area contributed by atoms with Gasteiger partial charge in [-0.3, -0.25) is 0 Å². The fourth-order valence-electron chi connectivity index (χ4n) is 5.20. The monoisotopic (exact) mass is 535 g/mol. The number of hydrogen-bond acceptors (Lipinski definition) is 3. The molecule has 5 heteroatoms. The fraction of sp³-hybridized carbons (Fsp3) is 0.286. The van der Waals surface area contributed by atoms with Crippen LogP contribution in [-0.4, -0.2) is 27.9 Å². The molecule has 5 aromatic rings. The van der Waals surface area contributed by atoms with Crippen molar-refractivity contribution in [1.29, 1.82) is 0 Å². The first-order valence-electron chi connectivity index (χ1n) is 14.1. The Labute approximate surface area is 236 Å². The van der Waals surface area contributed by atoms with Gasteiger partial charge in [-0.25, -0.2) is 4.79 Å². The van der Waals surface area contributed by atoms with Crippen molar-refractivity contribution in [3.05, 3.63) is 108 Å². The highest BCUT2D eigenvalue weighted by Crippen LogP contribution is 2.31. The molecule has 1 N–H and O–H groups in total. The summed E-state index contributed by atoms with van der Waals surface area (Å²) in [6.07, 6.45) is 5.90. The molecule has 0 saturated heterocycles. The first-order valence-corrected chi connectivity index (χ1v) is 14.1. The van der Waals surface area contributed by atoms with Crippen molar-refractivity contribution in [2.24, 2.45) is 0 Å². The van der Waals surface area contributed by atoms with E-state index in [1.165, 1.54) is 27.5 Å². The van der Waals surface area contributed by atoms with Crippen LogP contribution in [0.1, 0.15) is 50.3 Å². The lowest BCUT2D eigenvalue weighted by molar-refractivity contribution is -0.152. The summed E-state index contributed by atoms with van der Waals surface area (Å²) < 4.78 is 14.2. The molecule has 0 bridgehead atoms. The maximum Gasteiger partial charge on any atom is 0.347 e. The number of rotatable bonds is 12. The van der Waals surface area contributed by atoms with Crippen molar-refractivity contribution >= 4 is 27.6 Å². The second-order valence-corrected chi connectivity index (χ2v) is 10.9. The zero-order chi connectivity index (χ0) is 28.1. The minimum atomic E-state index is -1.28. The van der Waals surface area contributed by atoms with Crippen LogP contribution in [0.3, 0.4) is 0 Å². The first kappa shape index (κ1) is 27.3. The van der Waals surface area contributed by atoms with E-state index in [-0.39, 0.29) is 0 Å². The van der Waals surface area contributed by atoms with E-state index in [0.717, 1.165) is 48.9 Å². The molecule has 0 aliphatic carbocycles. The minimum Gasteiger partial charge on any atom is -0.493 e. The lowest BCUT2D eigenvalue weighted by Gasteiger charge is -2.21. The van der Waals surface area contributed by atoms with Gasteiger partial charge in [0.1, 0.15) is 11.5 Å². The second kappa shape index (κ2) is 11.9. The maximum atomic E-state index is 11.4. The summed E-state index contributed by atoms with van der Waals surface area (Å²) in [6.45, 7) is 6.76. The van der Waals surface area contributed by atoms with Gasteiger partial charge in [0.25, 0.3) is 0 Å². The molecule has 206 valence electrons. The predicted molar refractivity (Wildman–Crippen MR) is 162 cm³/mol. The number of aliphatic carboxylic acids is 1. The van der Waals surface area contributed by atoms with Gasteiger partial charge in [-0.15, -0.1) is 0 Å². The Bertz CT molecular complexity index is 1620. The number of ether oxygens (including phenoxy) is 2. The van der Waals surface area contributed by atoms with Gasteiger partial charge in [0.05, 0.1) is 6.61 Å². The van der Waals surface area contributed by atoms with Crippen molar-refractivity contribution < 1.29 is 19.4 Å². The van der Waals surface area contributed by atoms with E-state index >= 15 is 0 Å². The van der Waals surface area contributed by atoms with Crippen LogP contribution in [0.2, 0.25) is 0 Å². The SMILES string of the molecule is CCCc1c(OCCCn2ccc3cc(OC(C)(C)C(=O)O)ccc32)ccc2cc(Cc3ccccc3)ccc12. The summed E-state index contributed by atoms with van der Waals surface area (Å²) in [5.74, 6) is 0.532. The van der Waals surface area contributed by atoms with Crippen molar-refractivity contribution in [1.82, 2.24) is 4.57 Å². The molecule has 0 aliphatic rings. The van der Waals surface area contributed by atoms with Gasteiger partial charge in [-0.05, 0) is 85.3 Å². The van der Waals surface area contributed by atoms with E-state index in [1.54, 1.807) is 13.8 Å². The zero-order valence-corrected chi connectivity index (χ0v) is 23.5. The number of benzene rings is 4. The Kier molecular flexibility index (Phi) is 8.11. The lowest BCUT2D eigenvalue weighted by Crippen LogP contribution is -2.37. The van der Waals surface area contributed by atoms with Gasteiger partial charge in [0.2, 0.25) is 0 Å². The molecule has 1 heterocycles. The topological polar surface area (TPSA) is 60.7 Å². The first-order chi connectivity index (χ1) is 19.3. The number of carboxylic acid groups (broad SMARTS) is 1. The third kappa shape index (κ3) is 6.15. The van der Waals surface area contributed by atoms with Gasteiger partial charge in [-0.1, -0.05) is 67.9 Å². The number of nitrogens with zero attached hydrogens (tertiary/aromatic N) is 1. The third-order valence-electron chi connectivity index (χ3n) is 7.34. The van der Waals surface area contributed by atoms with Gasteiger partial charge < -0.3 is 19.1 Å². The van der Waals surface area contributed by atoms with Crippen molar-refractivity contribution in [2.75, 3.05) is 6.61 Å². The average molecular weight is 536 g/mol. The Morgan fingerprint density at radius 1 is 0.900 bits per heavy atom. The molecule has 0 spiro atoms. The van der Waals surface area contributed by atoms with Gasteiger partial charge in [-0.2, -0.15) is 0 Å². The van der Waals surface area contributed by atoms with Crippen molar-refractivity contribution in [2.45, 2.75) is 58.6 Å². The molecular weight excluding hydrogens is 498 g/mol. The highest BCUT2D eigenvalue weighted by Gasteiger charge is 2.29.